The number of unbranched alkanes of at least 4 members (excludes halogenated alkanes) is 1. The summed E-state index contributed by atoms with van der Waals surface area (Å²) in [7, 11) is 0. The molecule has 194 valence electrons. The summed E-state index contributed by atoms with van der Waals surface area (Å²) < 4.78 is 0. The minimum Gasteiger partial charge on any atom is -0.481 e. The number of nitrogens with two attached hydrogens (primary N) is 2. The Hall–Kier alpha value is -3.16. The summed E-state index contributed by atoms with van der Waals surface area (Å²) in [5.74, 6) is -5.23. The Morgan fingerprint density at radius 1 is 0.857 bits per heavy atom. The summed E-state index contributed by atoms with van der Waals surface area (Å²) in [5, 5.41) is 25.3. The monoisotopic (exact) mass is 511 g/mol. The molecule has 3 amide bonds. The fraction of sp³-hybridized carbons (Fsp3) is 0.500. The molecule has 0 aliphatic rings. The molecular weight excluding hydrogens is 478 g/mol. The molecule has 1 aromatic carbocycles. The van der Waals surface area contributed by atoms with Gasteiger partial charge in [0.25, 0.3) is 0 Å². The van der Waals surface area contributed by atoms with Gasteiger partial charge >= 0.3 is 11.9 Å². The smallest absolute Gasteiger partial charge is 0.326 e. The fourth-order valence-corrected chi connectivity index (χ4v) is 3.35. The number of rotatable bonds is 16. The molecule has 0 radical (unpaired) electrons. The highest BCUT2D eigenvalue weighted by atomic mass is 32.1. The second kappa shape index (κ2) is 15.7. The number of carboxylic acid groups (broad SMARTS) is 2. The van der Waals surface area contributed by atoms with E-state index in [9.17, 15) is 29.1 Å². The molecule has 9 N–H and O–H groups in total. The summed E-state index contributed by atoms with van der Waals surface area (Å²) in [6.45, 7) is 0.468. The van der Waals surface area contributed by atoms with Gasteiger partial charge in [-0.25, -0.2) is 4.79 Å². The van der Waals surface area contributed by atoms with E-state index in [0.717, 1.165) is 0 Å². The van der Waals surface area contributed by atoms with Gasteiger partial charge in [0.05, 0.1) is 12.5 Å². The maximum atomic E-state index is 12.9. The van der Waals surface area contributed by atoms with E-state index >= 15 is 0 Å². The number of hydrogen-bond donors (Lipinski definition) is 8. The van der Waals surface area contributed by atoms with Gasteiger partial charge in [-0.3, -0.25) is 19.2 Å². The topological polar surface area (TPSA) is 214 Å². The van der Waals surface area contributed by atoms with E-state index in [0.29, 0.717) is 31.4 Å². The van der Waals surface area contributed by atoms with Crippen LogP contribution >= 0.6 is 12.6 Å². The molecule has 0 saturated carbocycles. The van der Waals surface area contributed by atoms with E-state index in [4.69, 9.17) is 16.6 Å². The summed E-state index contributed by atoms with van der Waals surface area (Å²) >= 11 is 4.10. The Bertz CT molecular complexity index is 871. The zero-order valence-corrected chi connectivity index (χ0v) is 20.1. The van der Waals surface area contributed by atoms with Gasteiger partial charge in [0, 0.05) is 12.2 Å². The number of carboxylic acids is 2. The van der Waals surface area contributed by atoms with Crippen molar-refractivity contribution in [2.45, 2.75) is 56.3 Å². The molecule has 0 saturated heterocycles. The van der Waals surface area contributed by atoms with Crippen LogP contribution in [0.5, 0.6) is 0 Å². The lowest BCUT2D eigenvalue weighted by atomic mass is 10.0. The number of hydrogen-bond acceptors (Lipinski definition) is 8. The highest BCUT2D eigenvalue weighted by molar-refractivity contribution is 7.80. The maximum absolute atomic E-state index is 12.9. The Morgan fingerprint density at radius 3 is 1.97 bits per heavy atom. The van der Waals surface area contributed by atoms with Crippen LogP contribution in [0.1, 0.15) is 31.2 Å². The summed E-state index contributed by atoms with van der Waals surface area (Å²) in [4.78, 5) is 60.4. The van der Waals surface area contributed by atoms with Gasteiger partial charge in [0.15, 0.2) is 0 Å². The number of carbonyl (C=O) groups excluding carboxylic acids is 3. The predicted molar refractivity (Wildman–Crippen MR) is 131 cm³/mol. The van der Waals surface area contributed by atoms with Crippen molar-refractivity contribution in [2.24, 2.45) is 11.5 Å². The zero-order chi connectivity index (χ0) is 26.4. The Morgan fingerprint density at radius 2 is 1.43 bits per heavy atom. The molecule has 13 heteroatoms. The minimum atomic E-state index is -1.69. The molecule has 0 spiro atoms. The molecule has 0 heterocycles. The first-order chi connectivity index (χ1) is 16.6. The Kier molecular flexibility index (Phi) is 13.4. The van der Waals surface area contributed by atoms with Gasteiger partial charge < -0.3 is 37.6 Å². The van der Waals surface area contributed by atoms with Crippen molar-refractivity contribution in [2.75, 3.05) is 12.3 Å². The molecule has 0 aromatic heterocycles. The predicted octanol–water partition coefficient (Wildman–Crippen LogP) is -1.37. The molecule has 1 aromatic rings. The lowest BCUT2D eigenvalue weighted by molar-refractivity contribution is -0.147. The van der Waals surface area contributed by atoms with Crippen LogP contribution in [0.2, 0.25) is 0 Å². The van der Waals surface area contributed by atoms with Crippen molar-refractivity contribution in [3.63, 3.8) is 0 Å². The highest BCUT2D eigenvalue weighted by Crippen LogP contribution is 2.06. The van der Waals surface area contributed by atoms with Gasteiger partial charge in [0.1, 0.15) is 18.1 Å². The number of thiol groups is 1. The minimum absolute atomic E-state index is 0.0103. The Balaban J connectivity index is 2.96. The van der Waals surface area contributed by atoms with Crippen molar-refractivity contribution in [3.8, 4) is 0 Å². The first kappa shape index (κ1) is 29.9. The van der Waals surface area contributed by atoms with E-state index < -0.39 is 60.2 Å². The average Bonchev–Trinajstić information content (AvgIpc) is 2.81. The first-order valence-corrected chi connectivity index (χ1v) is 11.7. The maximum Gasteiger partial charge on any atom is 0.326 e. The third kappa shape index (κ3) is 11.2. The van der Waals surface area contributed by atoms with Crippen molar-refractivity contribution < 1.29 is 34.2 Å². The van der Waals surface area contributed by atoms with Gasteiger partial charge in [0.2, 0.25) is 17.7 Å². The normalized spacial score (nSPS) is 14.1. The fourth-order valence-electron chi connectivity index (χ4n) is 3.09. The largest absolute Gasteiger partial charge is 0.481 e. The molecule has 0 fully saturated rings. The van der Waals surface area contributed by atoms with Crippen LogP contribution < -0.4 is 27.4 Å². The van der Waals surface area contributed by atoms with Crippen LogP contribution in [-0.4, -0.2) is 76.3 Å². The van der Waals surface area contributed by atoms with Crippen LogP contribution in [0.3, 0.4) is 0 Å². The SMILES string of the molecule is NCCCCC(N)C(=O)NC(CS)C(=O)NC(Cc1ccccc1)C(=O)NC(CC(=O)O)C(=O)O. The van der Waals surface area contributed by atoms with E-state index in [1.54, 1.807) is 30.3 Å². The zero-order valence-electron chi connectivity index (χ0n) is 19.2. The van der Waals surface area contributed by atoms with Crippen molar-refractivity contribution in [3.05, 3.63) is 35.9 Å². The quantitative estimate of drug-likeness (QED) is 0.0969. The summed E-state index contributed by atoms with van der Waals surface area (Å²) in [5.41, 5.74) is 11.9. The number of carbonyl (C=O) groups is 5. The lowest BCUT2D eigenvalue weighted by Gasteiger charge is -2.24. The van der Waals surface area contributed by atoms with Gasteiger partial charge in [-0.05, 0) is 24.9 Å². The molecule has 0 aliphatic heterocycles. The van der Waals surface area contributed by atoms with Gasteiger partial charge in [-0.1, -0.05) is 36.8 Å². The van der Waals surface area contributed by atoms with E-state index in [1.807, 2.05) is 0 Å². The van der Waals surface area contributed by atoms with Crippen molar-refractivity contribution >= 4 is 42.3 Å². The number of nitrogens with one attached hydrogen (secondary N) is 3. The van der Waals surface area contributed by atoms with Gasteiger partial charge in [-0.2, -0.15) is 12.6 Å². The van der Waals surface area contributed by atoms with E-state index in [1.165, 1.54) is 0 Å². The van der Waals surface area contributed by atoms with Crippen LogP contribution in [0.4, 0.5) is 0 Å². The number of benzene rings is 1. The first-order valence-electron chi connectivity index (χ1n) is 11.0. The van der Waals surface area contributed by atoms with Crippen LogP contribution in [-0.2, 0) is 30.4 Å². The third-order valence-corrected chi connectivity index (χ3v) is 5.40. The average molecular weight is 512 g/mol. The van der Waals surface area contributed by atoms with Crippen molar-refractivity contribution in [1.29, 1.82) is 0 Å². The molecular formula is C22H33N5O7S. The second-order valence-corrected chi connectivity index (χ2v) is 8.25. The third-order valence-electron chi connectivity index (χ3n) is 5.03. The summed E-state index contributed by atoms with van der Waals surface area (Å²) in [6, 6.07) is 3.69. The standard InChI is InChI=1S/C22H33N5O7S/c23-9-5-4-8-14(24)19(30)27-17(12-35)21(32)25-15(10-13-6-2-1-3-7-13)20(31)26-16(22(33)34)11-18(28)29/h1-3,6-7,14-17,35H,4-5,8-12,23-24H2,(H,25,32)(H,26,31)(H,27,30)(H,28,29)(H,33,34). The highest BCUT2D eigenvalue weighted by Gasteiger charge is 2.30. The molecule has 12 nitrogen and oxygen atoms in total. The van der Waals surface area contributed by atoms with Crippen LogP contribution in [0.15, 0.2) is 30.3 Å². The molecule has 35 heavy (non-hydrogen) atoms. The lowest BCUT2D eigenvalue weighted by Crippen LogP contribution is -2.58. The Labute approximate surface area is 208 Å². The van der Waals surface area contributed by atoms with Gasteiger partial charge in [-0.15, -0.1) is 0 Å². The van der Waals surface area contributed by atoms with E-state index in [-0.39, 0.29) is 12.2 Å². The molecule has 4 atom stereocenters. The molecule has 0 aliphatic carbocycles. The number of amides is 3. The van der Waals surface area contributed by atoms with Crippen molar-refractivity contribution in [1.82, 2.24) is 16.0 Å². The summed E-state index contributed by atoms with van der Waals surface area (Å²) in [6.07, 6.45) is 0.868. The van der Waals surface area contributed by atoms with E-state index in [2.05, 4.69) is 28.6 Å². The molecule has 0 bridgehead atoms. The molecule has 1 rings (SSSR count). The molecule has 4 unspecified atom stereocenters. The van der Waals surface area contributed by atoms with Crippen LogP contribution in [0.25, 0.3) is 0 Å². The van der Waals surface area contributed by atoms with Crippen LogP contribution in [0, 0.1) is 0 Å². The second-order valence-electron chi connectivity index (χ2n) is 7.88. The number of aliphatic carboxylic acids is 2.